The van der Waals surface area contributed by atoms with Crippen LogP contribution in [0.15, 0.2) is 67.3 Å². The van der Waals surface area contributed by atoms with Crippen molar-refractivity contribution in [3.05, 3.63) is 83.9 Å². The number of aromatic nitrogens is 2. The molecule has 1 aromatic heterocycles. The lowest BCUT2D eigenvalue weighted by Crippen LogP contribution is -2.22. The molecule has 1 aliphatic rings. The van der Waals surface area contributed by atoms with Crippen molar-refractivity contribution in [1.82, 2.24) is 9.55 Å². The van der Waals surface area contributed by atoms with Gasteiger partial charge in [0.1, 0.15) is 0 Å². The number of ether oxygens (including phenoxy) is 3. The Hall–Kier alpha value is -3.16. The van der Waals surface area contributed by atoms with Crippen LogP contribution in [0.3, 0.4) is 0 Å². The molecule has 32 heavy (non-hydrogen) atoms. The SMILES string of the molecule is CCOC(=O)Nc1ccc(C(c2ccccc2)n2ccnc2)cc1COC1CCCCO1. The van der Waals surface area contributed by atoms with E-state index in [4.69, 9.17) is 14.2 Å². The zero-order valence-electron chi connectivity index (χ0n) is 18.3. The molecule has 1 N–H and O–H groups in total. The fourth-order valence-electron chi connectivity index (χ4n) is 3.92. The highest BCUT2D eigenvalue weighted by Gasteiger charge is 2.20. The van der Waals surface area contributed by atoms with E-state index in [9.17, 15) is 4.79 Å². The summed E-state index contributed by atoms with van der Waals surface area (Å²) in [5.74, 6) is 0. The first-order valence-corrected chi connectivity index (χ1v) is 11.1. The number of carbonyl (C=O) groups excluding carboxylic acids is 1. The van der Waals surface area contributed by atoms with Crippen LogP contribution < -0.4 is 5.32 Å². The maximum atomic E-state index is 12.1. The quantitative estimate of drug-likeness (QED) is 0.531. The molecule has 2 heterocycles. The number of nitrogens with zero attached hydrogens (tertiary/aromatic N) is 2. The molecule has 0 aliphatic carbocycles. The van der Waals surface area contributed by atoms with Crippen molar-refractivity contribution in [2.45, 2.75) is 45.1 Å². The van der Waals surface area contributed by atoms with Crippen LogP contribution in [-0.4, -0.2) is 35.1 Å². The summed E-state index contributed by atoms with van der Waals surface area (Å²) >= 11 is 0. The molecule has 1 amide bonds. The Bertz CT molecular complexity index is 986. The van der Waals surface area contributed by atoms with E-state index in [2.05, 4.69) is 33.1 Å². The fraction of sp³-hybridized carbons (Fsp3) is 0.360. The predicted octanol–water partition coefficient (Wildman–Crippen LogP) is 5.13. The van der Waals surface area contributed by atoms with E-state index in [0.29, 0.717) is 18.9 Å². The van der Waals surface area contributed by atoms with Gasteiger partial charge in [-0.3, -0.25) is 5.32 Å². The summed E-state index contributed by atoms with van der Waals surface area (Å²) in [7, 11) is 0. The third kappa shape index (κ3) is 5.55. The molecule has 7 heteroatoms. The molecule has 0 radical (unpaired) electrons. The lowest BCUT2D eigenvalue weighted by Gasteiger charge is -2.24. The van der Waals surface area contributed by atoms with Crippen LogP contribution in [0.4, 0.5) is 10.5 Å². The number of rotatable bonds is 8. The van der Waals surface area contributed by atoms with Crippen LogP contribution >= 0.6 is 0 Å². The number of benzene rings is 2. The van der Waals surface area contributed by atoms with Crippen LogP contribution in [0.1, 0.15) is 48.9 Å². The van der Waals surface area contributed by atoms with Gasteiger partial charge in [0.15, 0.2) is 6.29 Å². The third-order valence-corrected chi connectivity index (χ3v) is 5.46. The number of hydrogen-bond donors (Lipinski definition) is 1. The molecular weight excluding hydrogens is 406 g/mol. The standard InChI is InChI=1S/C25H29N3O4/c1-2-30-25(29)27-22-12-11-20(16-21(22)17-32-23-10-6-7-15-31-23)24(28-14-13-26-18-28)19-8-4-3-5-9-19/h3-5,8-9,11-14,16,18,23-24H,2,6-7,10,15,17H2,1H3,(H,27,29). The summed E-state index contributed by atoms with van der Waals surface area (Å²) in [6.45, 7) is 3.13. The van der Waals surface area contributed by atoms with Gasteiger partial charge in [0.2, 0.25) is 0 Å². The number of imidazole rings is 1. The molecule has 7 nitrogen and oxygen atoms in total. The molecule has 3 aromatic rings. The first-order valence-electron chi connectivity index (χ1n) is 11.1. The second kappa shape index (κ2) is 10.9. The highest BCUT2D eigenvalue weighted by molar-refractivity contribution is 5.85. The summed E-state index contributed by atoms with van der Waals surface area (Å²) in [4.78, 5) is 16.3. The van der Waals surface area contributed by atoms with Gasteiger partial charge in [0.05, 0.1) is 25.6 Å². The summed E-state index contributed by atoms with van der Waals surface area (Å²) in [5, 5.41) is 2.84. The number of nitrogens with one attached hydrogen (secondary N) is 1. The minimum atomic E-state index is -0.482. The molecule has 4 rings (SSSR count). The van der Waals surface area contributed by atoms with Gasteiger partial charge in [-0.25, -0.2) is 9.78 Å². The number of carbonyl (C=O) groups is 1. The molecule has 1 aliphatic heterocycles. The Kier molecular flexibility index (Phi) is 7.53. The number of amides is 1. The topological polar surface area (TPSA) is 74.6 Å². The van der Waals surface area contributed by atoms with E-state index < -0.39 is 6.09 Å². The average Bonchev–Trinajstić information content (AvgIpc) is 3.35. The Morgan fingerprint density at radius 2 is 2.09 bits per heavy atom. The lowest BCUT2D eigenvalue weighted by atomic mass is 9.96. The lowest BCUT2D eigenvalue weighted by molar-refractivity contribution is -0.168. The smallest absolute Gasteiger partial charge is 0.411 e. The van der Waals surface area contributed by atoms with Gasteiger partial charge in [0, 0.05) is 30.3 Å². The van der Waals surface area contributed by atoms with E-state index in [1.807, 2.05) is 42.9 Å². The first-order chi connectivity index (χ1) is 15.7. The summed E-state index contributed by atoms with van der Waals surface area (Å²) in [6.07, 6.45) is 7.87. The molecule has 0 spiro atoms. The predicted molar refractivity (Wildman–Crippen MR) is 121 cm³/mol. The van der Waals surface area contributed by atoms with Crippen molar-refractivity contribution in [3.63, 3.8) is 0 Å². The maximum Gasteiger partial charge on any atom is 0.411 e. The van der Waals surface area contributed by atoms with Crippen LogP contribution in [0.25, 0.3) is 0 Å². The van der Waals surface area contributed by atoms with Gasteiger partial charge in [0.25, 0.3) is 0 Å². The largest absolute Gasteiger partial charge is 0.450 e. The molecule has 2 atom stereocenters. The summed E-state index contributed by atoms with van der Waals surface area (Å²) < 4.78 is 18.9. The zero-order valence-corrected chi connectivity index (χ0v) is 18.3. The molecule has 168 valence electrons. The Morgan fingerprint density at radius 1 is 1.22 bits per heavy atom. The van der Waals surface area contributed by atoms with Crippen molar-refractivity contribution in [1.29, 1.82) is 0 Å². The van der Waals surface area contributed by atoms with Crippen molar-refractivity contribution in [2.75, 3.05) is 18.5 Å². The van der Waals surface area contributed by atoms with Crippen molar-refractivity contribution >= 4 is 11.8 Å². The van der Waals surface area contributed by atoms with Crippen molar-refractivity contribution < 1.29 is 19.0 Å². The van der Waals surface area contributed by atoms with Crippen LogP contribution in [0.5, 0.6) is 0 Å². The van der Waals surface area contributed by atoms with Crippen LogP contribution in [0.2, 0.25) is 0 Å². The minimum Gasteiger partial charge on any atom is -0.450 e. The van der Waals surface area contributed by atoms with Crippen molar-refractivity contribution in [2.24, 2.45) is 0 Å². The molecule has 1 saturated heterocycles. The number of hydrogen-bond acceptors (Lipinski definition) is 5. The van der Waals surface area contributed by atoms with E-state index in [1.54, 1.807) is 13.1 Å². The van der Waals surface area contributed by atoms with Crippen LogP contribution in [-0.2, 0) is 20.8 Å². The third-order valence-electron chi connectivity index (χ3n) is 5.46. The van der Waals surface area contributed by atoms with Crippen molar-refractivity contribution in [3.8, 4) is 0 Å². The Morgan fingerprint density at radius 3 is 2.81 bits per heavy atom. The molecule has 2 aromatic carbocycles. The Labute approximate surface area is 188 Å². The molecular formula is C25H29N3O4. The van der Waals surface area contributed by atoms with E-state index in [0.717, 1.165) is 42.6 Å². The van der Waals surface area contributed by atoms with Gasteiger partial charge in [-0.15, -0.1) is 0 Å². The molecule has 2 unspecified atom stereocenters. The normalized spacial score (nSPS) is 17.0. The highest BCUT2D eigenvalue weighted by atomic mass is 16.7. The summed E-state index contributed by atoms with van der Waals surface area (Å²) in [5.41, 5.74) is 3.73. The van der Waals surface area contributed by atoms with E-state index >= 15 is 0 Å². The second-order valence-electron chi connectivity index (χ2n) is 7.69. The minimum absolute atomic E-state index is 0.0555. The second-order valence-corrected chi connectivity index (χ2v) is 7.69. The monoisotopic (exact) mass is 435 g/mol. The number of anilines is 1. The average molecular weight is 436 g/mol. The highest BCUT2D eigenvalue weighted by Crippen LogP contribution is 2.30. The zero-order chi connectivity index (χ0) is 22.2. The van der Waals surface area contributed by atoms with Gasteiger partial charge in [-0.2, -0.15) is 0 Å². The first kappa shape index (κ1) is 22.0. The summed E-state index contributed by atoms with van der Waals surface area (Å²) in [6, 6.07) is 16.2. The molecule has 0 saturated carbocycles. The van der Waals surface area contributed by atoms with Gasteiger partial charge in [-0.05, 0) is 49.4 Å². The van der Waals surface area contributed by atoms with Gasteiger partial charge < -0.3 is 18.8 Å². The van der Waals surface area contributed by atoms with Crippen LogP contribution in [0, 0.1) is 0 Å². The fourth-order valence-corrected chi connectivity index (χ4v) is 3.92. The Balaban J connectivity index is 1.65. The molecule has 1 fully saturated rings. The van der Waals surface area contributed by atoms with E-state index in [-0.39, 0.29) is 12.3 Å². The van der Waals surface area contributed by atoms with Gasteiger partial charge >= 0.3 is 6.09 Å². The maximum absolute atomic E-state index is 12.1. The van der Waals surface area contributed by atoms with E-state index in [1.165, 1.54) is 0 Å². The molecule has 0 bridgehead atoms. The van der Waals surface area contributed by atoms with Gasteiger partial charge in [-0.1, -0.05) is 36.4 Å².